The average molecular weight is 487 g/mol. The zero-order valence-corrected chi connectivity index (χ0v) is 19.1. The van der Waals surface area contributed by atoms with Gasteiger partial charge in [-0.1, -0.05) is 18.2 Å². The van der Waals surface area contributed by atoms with E-state index in [2.05, 4.69) is 10.4 Å². The van der Waals surface area contributed by atoms with Crippen LogP contribution in [-0.2, 0) is 31.3 Å². The summed E-state index contributed by atoms with van der Waals surface area (Å²) in [7, 11) is -2.23. The molecule has 1 aliphatic heterocycles. The van der Waals surface area contributed by atoms with Crippen LogP contribution in [0, 0.1) is 0 Å². The van der Waals surface area contributed by atoms with Gasteiger partial charge in [-0.15, -0.1) is 0 Å². The Bertz CT molecular complexity index is 1400. The molecule has 1 amide bonds. The Hall–Kier alpha value is -3.61. The number of nitrogens with one attached hydrogen (secondary N) is 1. The number of morpholine rings is 1. The molecule has 2 aromatic carbocycles. The number of fused-ring (bicyclic) bond motifs is 1. The molecule has 1 aliphatic rings. The van der Waals surface area contributed by atoms with Crippen LogP contribution in [0.2, 0.25) is 0 Å². The first-order valence-corrected chi connectivity index (χ1v) is 11.8. The number of ether oxygens (including phenoxy) is 2. The molecule has 34 heavy (non-hydrogen) atoms. The van der Waals surface area contributed by atoms with Crippen LogP contribution in [0.1, 0.15) is 10.5 Å². The molecule has 0 saturated carbocycles. The lowest BCUT2D eigenvalue weighted by Crippen LogP contribution is -2.40. The van der Waals surface area contributed by atoms with Gasteiger partial charge in [0.05, 0.1) is 23.5 Å². The fourth-order valence-electron chi connectivity index (χ4n) is 3.49. The normalized spacial score (nSPS) is 14.6. The Morgan fingerprint density at radius 1 is 1.06 bits per heavy atom. The summed E-state index contributed by atoms with van der Waals surface area (Å²) in [6, 6.07) is 12.2. The third-order valence-electron chi connectivity index (χ3n) is 5.23. The molecule has 1 saturated heterocycles. The summed E-state index contributed by atoms with van der Waals surface area (Å²) in [4.78, 5) is 37.1. The van der Waals surface area contributed by atoms with Crippen LogP contribution in [0.25, 0.3) is 10.8 Å². The molecule has 0 aliphatic carbocycles. The van der Waals surface area contributed by atoms with Gasteiger partial charge in [0.1, 0.15) is 0 Å². The Labute approximate surface area is 194 Å². The lowest BCUT2D eigenvalue weighted by molar-refractivity contribution is -0.119. The Morgan fingerprint density at radius 3 is 2.38 bits per heavy atom. The maximum atomic E-state index is 12.7. The topological polar surface area (TPSA) is 137 Å². The van der Waals surface area contributed by atoms with Crippen LogP contribution >= 0.6 is 0 Å². The molecule has 0 unspecified atom stereocenters. The van der Waals surface area contributed by atoms with Crippen LogP contribution in [0.4, 0.5) is 5.69 Å². The van der Waals surface area contributed by atoms with Crippen molar-refractivity contribution >= 4 is 38.4 Å². The van der Waals surface area contributed by atoms with Crippen molar-refractivity contribution in [3.63, 3.8) is 0 Å². The summed E-state index contributed by atoms with van der Waals surface area (Å²) < 4.78 is 38.0. The van der Waals surface area contributed by atoms with E-state index in [4.69, 9.17) is 9.47 Å². The molecular formula is C22H22N4O7S. The van der Waals surface area contributed by atoms with Gasteiger partial charge in [-0.25, -0.2) is 17.9 Å². The highest BCUT2D eigenvalue weighted by atomic mass is 32.2. The Morgan fingerprint density at radius 2 is 1.71 bits per heavy atom. The van der Waals surface area contributed by atoms with Gasteiger partial charge in [0, 0.05) is 31.2 Å². The lowest BCUT2D eigenvalue weighted by Gasteiger charge is -2.26. The first-order valence-electron chi connectivity index (χ1n) is 10.4. The minimum atomic E-state index is -3.64. The number of hydrogen-bond donors (Lipinski definition) is 1. The van der Waals surface area contributed by atoms with Gasteiger partial charge >= 0.3 is 5.97 Å². The second-order valence-corrected chi connectivity index (χ2v) is 9.43. The predicted octanol–water partition coefficient (Wildman–Crippen LogP) is 0.750. The van der Waals surface area contributed by atoms with Crippen molar-refractivity contribution < 1.29 is 27.5 Å². The third kappa shape index (κ3) is 4.83. The number of benzene rings is 2. The summed E-state index contributed by atoms with van der Waals surface area (Å²) in [5.74, 6) is -1.47. The van der Waals surface area contributed by atoms with Gasteiger partial charge in [-0.05, 0) is 30.3 Å². The number of aryl methyl sites for hydroxylation is 1. The fourth-order valence-corrected chi connectivity index (χ4v) is 4.90. The van der Waals surface area contributed by atoms with Crippen LogP contribution in [0.3, 0.4) is 0 Å². The number of hydrogen-bond acceptors (Lipinski definition) is 8. The lowest BCUT2D eigenvalue weighted by atomic mass is 10.1. The highest BCUT2D eigenvalue weighted by molar-refractivity contribution is 7.89. The van der Waals surface area contributed by atoms with E-state index < -0.39 is 28.5 Å². The van der Waals surface area contributed by atoms with Crippen LogP contribution in [-0.4, -0.2) is 67.3 Å². The monoisotopic (exact) mass is 486 g/mol. The number of rotatable bonds is 6. The number of anilines is 1. The molecule has 4 rings (SSSR count). The van der Waals surface area contributed by atoms with Crippen LogP contribution in [0.15, 0.2) is 58.2 Å². The first kappa shape index (κ1) is 23.5. The third-order valence-corrected chi connectivity index (χ3v) is 7.14. The highest BCUT2D eigenvalue weighted by Gasteiger charge is 2.26. The standard InChI is InChI=1S/C22H22N4O7S/c1-25-21(28)18-5-3-2-4-17(18)20(24-25)22(29)33-14-19(27)23-15-6-8-16(9-7-15)34(30,31)26-10-12-32-13-11-26/h2-9H,10-14H2,1H3,(H,23,27). The smallest absolute Gasteiger partial charge is 0.359 e. The first-order chi connectivity index (χ1) is 16.3. The van der Waals surface area contributed by atoms with Crippen LogP contribution < -0.4 is 10.9 Å². The zero-order valence-electron chi connectivity index (χ0n) is 18.3. The molecular weight excluding hydrogens is 464 g/mol. The number of sulfonamides is 1. The van der Waals surface area contributed by atoms with E-state index in [-0.39, 0.29) is 29.2 Å². The van der Waals surface area contributed by atoms with E-state index in [9.17, 15) is 22.8 Å². The van der Waals surface area contributed by atoms with Crippen molar-refractivity contribution in [2.45, 2.75) is 4.90 Å². The maximum absolute atomic E-state index is 12.7. The SMILES string of the molecule is Cn1nc(C(=O)OCC(=O)Nc2ccc(S(=O)(=O)N3CCOCC3)cc2)c2ccccc2c1=O. The quantitative estimate of drug-likeness (QED) is 0.504. The number of nitrogens with zero attached hydrogens (tertiary/aromatic N) is 3. The number of carbonyl (C=O) groups is 2. The summed E-state index contributed by atoms with van der Waals surface area (Å²) in [6.07, 6.45) is 0. The van der Waals surface area contributed by atoms with Gasteiger partial charge in [-0.3, -0.25) is 9.59 Å². The van der Waals surface area contributed by atoms with Gasteiger partial charge in [-0.2, -0.15) is 9.40 Å². The van der Waals surface area contributed by atoms with Gasteiger partial charge in [0.15, 0.2) is 12.3 Å². The molecule has 11 nitrogen and oxygen atoms in total. The second-order valence-electron chi connectivity index (χ2n) is 7.49. The summed E-state index contributed by atoms with van der Waals surface area (Å²) in [5, 5.41) is 7.14. The van der Waals surface area contributed by atoms with E-state index in [1.54, 1.807) is 24.3 Å². The Kier molecular flexibility index (Phi) is 6.72. The van der Waals surface area contributed by atoms with Crippen molar-refractivity contribution in [1.29, 1.82) is 0 Å². The van der Waals surface area contributed by atoms with Gasteiger partial charge < -0.3 is 14.8 Å². The number of esters is 1. The number of aromatic nitrogens is 2. The van der Waals surface area contributed by atoms with E-state index in [0.717, 1.165) is 4.68 Å². The molecule has 1 N–H and O–H groups in total. The largest absolute Gasteiger partial charge is 0.451 e. The highest BCUT2D eigenvalue weighted by Crippen LogP contribution is 2.19. The van der Waals surface area contributed by atoms with E-state index in [1.807, 2.05) is 0 Å². The fraction of sp³-hybridized carbons (Fsp3) is 0.273. The summed E-state index contributed by atoms with van der Waals surface area (Å²) >= 11 is 0. The maximum Gasteiger partial charge on any atom is 0.359 e. The van der Waals surface area contributed by atoms with Crippen molar-refractivity contribution in [2.75, 3.05) is 38.2 Å². The molecule has 0 bridgehead atoms. The molecule has 0 atom stereocenters. The second kappa shape index (κ2) is 9.71. The molecule has 0 radical (unpaired) electrons. The number of amides is 1. The van der Waals surface area contributed by atoms with Crippen molar-refractivity contribution in [2.24, 2.45) is 7.05 Å². The molecule has 0 spiro atoms. The van der Waals surface area contributed by atoms with Gasteiger partial charge in [0.2, 0.25) is 10.0 Å². The van der Waals surface area contributed by atoms with Crippen molar-refractivity contribution in [1.82, 2.24) is 14.1 Å². The van der Waals surface area contributed by atoms with E-state index in [0.29, 0.717) is 29.7 Å². The predicted molar refractivity (Wildman–Crippen MR) is 122 cm³/mol. The molecule has 3 aromatic rings. The molecule has 178 valence electrons. The summed E-state index contributed by atoms with van der Waals surface area (Å²) in [6.45, 7) is 0.663. The minimum Gasteiger partial charge on any atom is -0.451 e. The van der Waals surface area contributed by atoms with Crippen LogP contribution in [0.5, 0.6) is 0 Å². The zero-order chi connectivity index (χ0) is 24.3. The molecule has 1 aromatic heterocycles. The average Bonchev–Trinajstić information content (AvgIpc) is 2.85. The summed E-state index contributed by atoms with van der Waals surface area (Å²) in [5.41, 5.74) is -0.0974. The van der Waals surface area contributed by atoms with E-state index in [1.165, 1.54) is 35.6 Å². The minimum absolute atomic E-state index is 0.0804. The Balaban J connectivity index is 1.39. The van der Waals surface area contributed by atoms with E-state index >= 15 is 0 Å². The molecule has 2 heterocycles. The number of carbonyl (C=O) groups excluding carboxylic acids is 2. The van der Waals surface area contributed by atoms with Crippen molar-refractivity contribution in [3.05, 3.63) is 64.6 Å². The van der Waals surface area contributed by atoms with Crippen molar-refractivity contribution in [3.8, 4) is 0 Å². The molecule has 1 fully saturated rings. The molecule has 12 heteroatoms. The van der Waals surface area contributed by atoms with Gasteiger partial charge in [0.25, 0.3) is 11.5 Å².